The van der Waals surface area contributed by atoms with Gasteiger partial charge in [0.15, 0.2) is 6.04 Å². The van der Waals surface area contributed by atoms with Crippen molar-refractivity contribution in [3.8, 4) is 5.75 Å². The van der Waals surface area contributed by atoms with Crippen LogP contribution in [-0.4, -0.2) is 62.0 Å². The molecule has 1 fully saturated rings. The summed E-state index contributed by atoms with van der Waals surface area (Å²) < 4.78 is 10.2. The highest BCUT2D eigenvalue weighted by Crippen LogP contribution is 2.20. The Morgan fingerprint density at radius 3 is 2.62 bits per heavy atom. The number of methoxy groups -OCH3 is 1. The van der Waals surface area contributed by atoms with Gasteiger partial charge in [-0.3, -0.25) is 4.90 Å². The summed E-state index contributed by atoms with van der Waals surface area (Å²) in [6.45, 7) is 0.611. The Morgan fingerprint density at radius 1 is 1.38 bits per heavy atom. The second-order valence-corrected chi connectivity index (χ2v) is 4.66. The molecule has 1 heterocycles. The Balaban J connectivity index is 2.14. The number of benzene rings is 1. The van der Waals surface area contributed by atoms with Crippen molar-refractivity contribution in [2.24, 2.45) is 0 Å². The van der Waals surface area contributed by atoms with Gasteiger partial charge < -0.3 is 19.5 Å². The number of morpholine rings is 1. The molecule has 0 bridgehead atoms. The number of hydrogen-bond acceptors (Lipinski definition) is 4. The van der Waals surface area contributed by atoms with Gasteiger partial charge in [-0.25, -0.2) is 9.59 Å². The number of anilines is 1. The summed E-state index contributed by atoms with van der Waals surface area (Å²) >= 11 is 0. The third-order valence-corrected chi connectivity index (χ3v) is 3.41. The number of carboxylic acids is 1. The third kappa shape index (κ3) is 3.25. The Labute approximate surface area is 122 Å². The lowest BCUT2D eigenvalue weighted by Crippen LogP contribution is -2.56. The molecule has 1 aromatic rings. The van der Waals surface area contributed by atoms with Crippen LogP contribution >= 0.6 is 0 Å². The highest BCUT2D eigenvalue weighted by atomic mass is 16.5. The van der Waals surface area contributed by atoms with Gasteiger partial charge in [-0.1, -0.05) is 0 Å². The van der Waals surface area contributed by atoms with Crippen LogP contribution in [0.2, 0.25) is 0 Å². The van der Waals surface area contributed by atoms with Crippen LogP contribution in [0.5, 0.6) is 5.75 Å². The lowest BCUT2D eigenvalue weighted by molar-refractivity contribution is -0.147. The van der Waals surface area contributed by atoms with Crippen LogP contribution in [-0.2, 0) is 9.53 Å². The molecule has 1 aromatic carbocycles. The van der Waals surface area contributed by atoms with Crippen molar-refractivity contribution in [2.45, 2.75) is 6.04 Å². The second kappa shape index (κ2) is 6.45. The molecule has 0 saturated carbocycles. The Morgan fingerprint density at radius 2 is 2.05 bits per heavy atom. The molecular weight excluding hydrogens is 276 g/mol. The fourth-order valence-corrected chi connectivity index (χ4v) is 2.15. The summed E-state index contributed by atoms with van der Waals surface area (Å²) in [6.07, 6.45) is 0. The van der Waals surface area contributed by atoms with Crippen molar-refractivity contribution in [3.05, 3.63) is 24.3 Å². The van der Waals surface area contributed by atoms with Crippen LogP contribution in [0.4, 0.5) is 10.5 Å². The van der Waals surface area contributed by atoms with Crippen molar-refractivity contribution >= 4 is 17.7 Å². The van der Waals surface area contributed by atoms with Gasteiger partial charge in [0.25, 0.3) is 0 Å². The lowest BCUT2D eigenvalue weighted by atomic mass is 10.2. The van der Waals surface area contributed by atoms with Crippen LogP contribution in [0, 0.1) is 0 Å². The average molecular weight is 294 g/mol. The molecule has 0 radical (unpaired) electrons. The van der Waals surface area contributed by atoms with E-state index in [9.17, 15) is 9.59 Å². The summed E-state index contributed by atoms with van der Waals surface area (Å²) in [7, 11) is 3.17. The highest BCUT2D eigenvalue weighted by Gasteiger charge is 2.34. The topological polar surface area (TPSA) is 79.3 Å². The molecular formula is C14H18N2O5. The van der Waals surface area contributed by atoms with Gasteiger partial charge in [0.1, 0.15) is 5.75 Å². The highest BCUT2D eigenvalue weighted by molar-refractivity contribution is 5.94. The third-order valence-electron chi connectivity index (χ3n) is 3.41. The number of carbonyl (C=O) groups is 2. The zero-order valence-corrected chi connectivity index (χ0v) is 12.0. The van der Waals surface area contributed by atoms with Crippen LogP contribution in [0.1, 0.15) is 0 Å². The van der Waals surface area contributed by atoms with Gasteiger partial charge >= 0.3 is 12.0 Å². The van der Waals surface area contributed by atoms with E-state index in [0.717, 1.165) is 0 Å². The maximum absolute atomic E-state index is 12.5. The first-order chi connectivity index (χ1) is 10.0. The van der Waals surface area contributed by atoms with E-state index in [0.29, 0.717) is 18.0 Å². The van der Waals surface area contributed by atoms with E-state index < -0.39 is 12.0 Å². The molecule has 1 saturated heterocycles. The van der Waals surface area contributed by atoms with E-state index in [4.69, 9.17) is 14.6 Å². The number of urea groups is 1. The monoisotopic (exact) mass is 294 g/mol. The predicted molar refractivity (Wildman–Crippen MR) is 75.7 cm³/mol. The standard InChI is InChI=1S/C14H18N2O5/c1-15(10-3-5-11(20-2)6-4-10)14(19)16-7-8-21-9-12(16)13(17)18/h3-6,12H,7-9H2,1-2H3,(H,17,18). The van der Waals surface area contributed by atoms with E-state index in [1.165, 1.54) is 9.80 Å². The van der Waals surface area contributed by atoms with Crippen LogP contribution in [0.3, 0.4) is 0 Å². The van der Waals surface area contributed by atoms with Crippen molar-refractivity contribution in [3.63, 3.8) is 0 Å². The molecule has 1 aliphatic heterocycles. The summed E-state index contributed by atoms with van der Waals surface area (Å²) in [5.74, 6) is -0.374. The van der Waals surface area contributed by atoms with Gasteiger partial charge in [0.2, 0.25) is 0 Å². The molecule has 7 heteroatoms. The van der Waals surface area contributed by atoms with Gasteiger partial charge in [0.05, 0.1) is 20.3 Å². The zero-order valence-electron chi connectivity index (χ0n) is 12.0. The molecule has 1 N–H and O–H groups in total. The van der Waals surface area contributed by atoms with E-state index in [2.05, 4.69) is 0 Å². The maximum atomic E-state index is 12.5. The molecule has 0 aromatic heterocycles. The zero-order chi connectivity index (χ0) is 15.4. The van der Waals surface area contributed by atoms with E-state index >= 15 is 0 Å². The van der Waals surface area contributed by atoms with E-state index in [1.54, 1.807) is 38.4 Å². The van der Waals surface area contributed by atoms with Gasteiger partial charge in [-0.2, -0.15) is 0 Å². The molecule has 21 heavy (non-hydrogen) atoms. The Hall–Kier alpha value is -2.28. The van der Waals surface area contributed by atoms with E-state index in [1.807, 2.05) is 0 Å². The minimum atomic E-state index is -1.06. The molecule has 7 nitrogen and oxygen atoms in total. The largest absolute Gasteiger partial charge is 0.497 e. The van der Waals surface area contributed by atoms with Crippen LogP contribution in [0.25, 0.3) is 0 Å². The van der Waals surface area contributed by atoms with Crippen LogP contribution in [0.15, 0.2) is 24.3 Å². The lowest BCUT2D eigenvalue weighted by Gasteiger charge is -2.35. The summed E-state index contributed by atoms with van der Waals surface area (Å²) in [5.41, 5.74) is 0.663. The first kappa shape index (κ1) is 15.1. The molecule has 2 rings (SSSR count). The Kier molecular flexibility index (Phi) is 4.64. The number of amides is 2. The molecule has 114 valence electrons. The normalized spacial score (nSPS) is 18.2. The second-order valence-electron chi connectivity index (χ2n) is 4.66. The number of rotatable bonds is 3. The summed E-state index contributed by atoms with van der Waals surface area (Å²) in [6, 6.07) is 5.66. The number of aliphatic carboxylic acids is 1. The quantitative estimate of drug-likeness (QED) is 0.901. The predicted octanol–water partition coefficient (Wildman–Crippen LogP) is 1.04. The molecule has 1 unspecified atom stereocenters. The first-order valence-electron chi connectivity index (χ1n) is 6.53. The van der Waals surface area contributed by atoms with Crippen molar-refractivity contribution in [2.75, 3.05) is 38.8 Å². The molecule has 0 aliphatic carbocycles. The number of carbonyl (C=O) groups excluding carboxylic acids is 1. The van der Waals surface area contributed by atoms with Crippen molar-refractivity contribution in [1.82, 2.24) is 4.90 Å². The number of ether oxygens (including phenoxy) is 2. The van der Waals surface area contributed by atoms with Crippen molar-refractivity contribution in [1.29, 1.82) is 0 Å². The number of nitrogens with zero attached hydrogens (tertiary/aromatic N) is 2. The fourth-order valence-electron chi connectivity index (χ4n) is 2.15. The molecule has 1 atom stereocenters. The minimum Gasteiger partial charge on any atom is -0.497 e. The number of hydrogen-bond donors (Lipinski definition) is 1. The molecule has 0 spiro atoms. The van der Waals surface area contributed by atoms with Gasteiger partial charge in [-0.15, -0.1) is 0 Å². The smallest absolute Gasteiger partial charge is 0.328 e. The summed E-state index contributed by atoms with van der Waals surface area (Å²) in [4.78, 5) is 26.4. The maximum Gasteiger partial charge on any atom is 0.328 e. The minimum absolute atomic E-state index is 0.0114. The summed E-state index contributed by atoms with van der Waals surface area (Å²) in [5, 5.41) is 9.17. The van der Waals surface area contributed by atoms with Crippen LogP contribution < -0.4 is 9.64 Å². The van der Waals surface area contributed by atoms with Gasteiger partial charge in [-0.05, 0) is 24.3 Å². The molecule has 2 amide bonds. The Bertz CT molecular complexity index is 517. The number of carboxylic acid groups (broad SMARTS) is 1. The van der Waals surface area contributed by atoms with Gasteiger partial charge in [0, 0.05) is 19.3 Å². The molecule has 1 aliphatic rings. The average Bonchev–Trinajstić information content (AvgIpc) is 2.53. The van der Waals surface area contributed by atoms with Crippen molar-refractivity contribution < 1.29 is 24.2 Å². The SMILES string of the molecule is COc1ccc(N(C)C(=O)N2CCOCC2C(=O)O)cc1. The van der Waals surface area contributed by atoms with E-state index in [-0.39, 0.29) is 19.2 Å². The fraction of sp³-hybridized carbons (Fsp3) is 0.429. The first-order valence-corrected chi connectivity index (χ1v) is 6.53.